The topological polar surface area (TPSA) is 49.2 Å². The van der Waals surface area contributed by atoms with Gasteiger partial charge in [0.05, 0.1) is 20.1 Å². The van der Waals surface area contributed by atoms with E-state index in [4.69, 9.17) is 21.1 Å². The van der Waals surface area contributed by atoms with Gasteiger partial charge < -0.3 is 14.0 Å². The highest BCUT2D eigenvalue weighted by Crippen LogP contribution is 2.27. The average Bonchev–Trinajstić information content (AvgIpc) is 2.92. The molecule has 0 fully saturated rings. The monoisotopic (exact) mass is 281 g/mol. The zero-order valence-corrected chi connectivity index (χ0v) is 11.7. The summed E-state index contributed by atoms with van der Waals surface area (Å²) < 4.78 is 12.4. The van der Waals surface area contributed by atoms with Gasteiger partial charge in [-0.05, 0) is 24.1 Å². The Labute approximate surface area is 117 Å². The molecule has 0 saturated carbocycles. The Morgan fingerprint density at radius 3 is 2.68 bits per heavy atom. The Kier molecular flexibility index (Phi) is 4.63. The second-order valence-electron chi connectivity index (χ2n) is 4.01. The number of methoxy groups -OCH3 is 2. The first kappa shape index (κ1) is 13.7. The molecule has 1 heterocycles. The molecule has 1 aromatic heterocycles. The van der Waals surface area contributed by atoms with Gasteiger partial charge in [0.15, 0.2) is 11.5 Å². The first-order valence-electron chi connectivity index (χ1n) is 5.92. The largest absolute Gasteiger partial charge is 0.493 e. The van der Waals surface area contributed by atoms with Crippen LogP contribution in [0, 0.1) is 0 Å². The molecular weight excluding hydrogens is 266 g/mol. The van der Waals surface area contributed by atoms with Gasteiger partial charge in [0, 0.05) is 6.54 Å². The summed E-state index contributed by atoms with van der Waals surface area (Å²) in [4.78, 5) is 0. The zero-order chi connectivity index (χ0) is 13.7. The lowest BCUT2D eigenvalue weighted by molar-refractivity contribution is 0.354. The van der Waals surface area contributed by atoms with E-state index in [1.54, 1.807) is 20.5 Å². The number of aromatic nitrogens is 3. The molecule has 2 rings (SSSR count). The van der Waals surface area contributed by atoms with Crippen LogP contribution < -0.4 is 9.47 Å². The smallest absolute Gasteiger partial charge is 0.160 e. The van der Waals surface area contributed by atoms with E-state index in [0.29, 0.717) is 5.88 Å². The predicted octanol–water partition coefficient (Wildman–Crippen LogP) is 2.28. The van der Waals surface area contributed by atoms with Crippen LogP contribution in [0.25, 0.3) is 0 Å². The molecule has 5 nitrogen and oxygen atoms in total. The number of hydrogen-bond acceptors (Lipinski definition) is 4. The summed E-state index contributed by atoms with van der Waals surface area (Å²) in [6.07, 6.45) is 2.54. The number of rotatable bonds is 6. The lowest BCUT2D eigenvalue weighted by Gasteiger charge is -2.10. The van der Waals surface area contributed by atoms with Crippen LogP contribution >= 0.6 is 11.6 Å². The number of nitrogens with zero attached hydrogens (tertiary/aromatic N) is 3. The number of aryl methyl sites for hydroxylation is 2. The molecular formula is C13H16ClN3O2. The minimum Gasteiger partial charge on any atom is -0.493 e. The van der Waals surface area contributed by atoms with Crippen LogP contribution in [-0.2, 0) is 18.8 Å². The van der Waals surface area contributed by atoms with Gasteiger partial charge in [-0.3, -0.25) is 0 Å². The first-order chi connectivity index (χ1) is 9.28. The molecule has 6 heteroatoms. The Balaban J connectivity index is 2.07. The van der Waals surface area contributed by atoms with Crippen molar-refractivity contribution in [3.05, 3.63) is 35.9 Å². The molecule has 1 aromatic carbocycles. The summed E-state index contributed by atoms with van der Waals surface area (Å²) in [5.74, 6) is 2.62. The lowest BCUT2D eigenvalue weighted by Crippen LogP contribution is -2.04. The summed E-state index contributed by atoms with van der Waals surface area (Å²) in [6.45, 7) is 0.782. The zero-order valence-electron chi connectivity index (χ0n) is 11.0. The van der Waals surface area contributed by atoms with E-state index in [0.717, 1.165) is 35.9 Å². The summed E-state index contributed by atoms with van der Waals surface area (Å²) in [5, 5.41) is 7.79. The third kappa shape index (κ3) is 3.17. The molecule has 0 amide bonds. The van der Waals surface area contributed by atoms with E-state index >= 15 is 0 Å². The molecule has 0 N–H and O–H groups in total. The van der Waals surface area contributed by atoms with Crippen molar-refractivity contribution in [2.24, 2.45) is 0 Å². The van der Waals surface area contributed by atoms with E-state index in [1.807, 2.05) is 22.8 Å². The fourth-order valence-corrected chi connectivity index (χ4v) is 2.06. The Hall–Kier alpha value is -1.75. The number of halogens is 1. The highest BCUT2D eigenvalue weighted by atomic mass is 35.5. The number of alkyl halides is 1. The molecule has 0 bridgehead atoms. The maximum atomic E-state index is 5.78. The van der Waals surface area contributed by atoms with Gasteiger partial charge in [-0.2, -0.15) is 0 Å². The highest BCUT2D eigenvalue weighted by molar-refractivity contribution is 6.16. The molecule has 102 valence electrons. The quantitative estimate of drug-likeness (QED) is 0.762. The average molecular weight is 282 g/mol. The Morgan fingerprint density at radius 1 is 1.21 bits per heavy atom. The van der Waals surface area contributed by atoms with Crippen LogP contribution in [0.4, 0.5) is 0 Å². The predicted molar refractivity (Wildman–Crippen MR) is 72.8 cm³/mol. The molecule has 0 radical (unpaired) electrons. The molecule has 0 aliphatic heterocycles. The molecule has 0 atom stereocenters. The van der Waals surface area contributed by atoms with Crippen molar-refractivity contribution in [2.75, 3.05) is 14.2 Å². The summed E-state index contributed by atoms with van der Waals surface area (Å²) in [5.41, 5.74) is 1.16. The number of ether oxygens (including phenoxy) is 2. The fraction of sp³-hybridized carbons (Fsp3) is 0.385. The van der Waals surface area contributed by atoms with Gasteiger partial charge in [0.1, 0.15) is 12.2 Å². The minimum atomic E-state index is 0.367. The van der Waals surface area contributed by atoms with E-state index in [9.17, 15) is 0 Å². The summed E-state index contributed by atoms with van der Waals surface area (Å²) >= 11 is 5.78. The van der Waals surface area contributed by atoms with Crippen molar-refractivity contribution in [1.29, 1.82) is 0 Å². The van der Waals surface area contributed by atoms with E-state index in [2.05, 4.69) is 10.2 Å². The summed E-state index contributed by atoms with van der Waals surface area (Å²) in [7, 11) is 3.26. The molecule has 19 heavy (non-hydrogen) atoms. The van der Waals surface area contributed by atoms with Gasteiger partial charge in [-0.15, -0.1) is 21.8 Å². The van der Waals surface area contributed by atoms with E-state index < -0.39 is 0 Å². The van der Waals surface area contributed by atoms with Crippen LogP contribution in [0.1, 0.15) is 11.4 Å². The lowest BCUT2D eigenvalue weighted by atomic mass is 10.1. The number of benzene rings is 1. The van der Waals surface area contributed by atoms with Crippen molar-refractivity contribution >= 4 is 11.6 Å². The van der Waals surface area contributed by atoms with E-state index in [1.165, 1.54) is 0 Å². The van der Waals surface area contributed by atoms with Crippen molar-refractivity contribution in [3.63, 3.8) is 0 Å². The van der Waals surface area contributed by atoms with Crippen molar-refractivity contribution in [3.8, 4) is 11.5 Å². The van der Waals surface area contributed by atoms with Gasteiger partial charge in [0.2, 0.25) is 0 Å². The SMILES string of the molecule is COc1ccc(CCn2cnnc2CCl)cc1OC. The van der Waals surface area contributed by atoms with Crippen molar-refractivity contribution in [1.82, 2.24) is 14.8 Å². The fourth-order valence-electron chi connectivity index (χ4n) is 1.85. The van der Waals surface area contributed by atoms with Gasteiger partial charge in [-0.25, -0.2) is 0 Å². The van der Waals surface area contributed by atoms with Gasteiger partial charge in [0.25, 0.3) is 0 Å². The van der Waals surface area contributed by atoms with Crippen molar-refractivity contribution in [2.45, 2.75) is 18.8 Å². The Morgan fingerprint density at radius 2 is 2.00 bits per heavy atom. The normalized spacial score (nSPS) is 10.5. The van der Waals surface area contributed by atoms with Crippen LogP contribution in [0.5, 0.6) is 11.5 Å². The maximum absolute atomic E-state index is 5.78. The van der Waals surface area contributed by atoms with Crippen LogP contribution in [0.15, 0.2) is 24.5 Å². The second-order valence-corrected chi connectivity index (χ2v) is 4.28. The molecule has 0 spiro atoms. The van der Waals surface area contributed by atoms with Crippen LogP contribution in [0.2, 0.25) is 0 Å². The molecule has 0 aliphatic rings. The van der Waals surface area contributed by atoms with Gasteiger partial charge >= 0.3 is 0 Å². The second kappa shape index (κ2) is 6.43. The van der Waals surface area contributed by atoms with Crippen LogP contribution in [0.3, 0.4) is 0 Å². The number of hydrogen-bond donors (Lipinski definition) is 0. The van der Waals surface area contributed by atoms with Gasteiger partial charge in [-0.1, -0.05) is 6.07 Å². The highest BCUT2D eigenvalue weighted by Gasteiger charge is 2.06. The standard InChI is InChI=1S/C13H16ClN3O2/c1-18-11-4-3-10(7-12(11)19-2)5-6-17-9-15-16-13(17)8-14/h3-4,7,9H,5-6,8H2,1-2H3. The summed E-state index contributed by atoms with van der Waals surface area (Å²) in [6, 6.07) is 5.90. The van der Waals surface area contributed by atoms with Crippen molar-refractivity contribution < 1.29 is 9.47 Å². The van der Waals surface area contributed by atoms with Crippen LogP contribution in [-0.4, -0.2) is 29.0 Å². The maximum Gasteiger partial charge on any atom is 0.160 e. The molecule has 0 aliphatic carbocycles. The minimum absolute atomic E-state index is 0.367. The third-order valence-corrected chi connectivity index (χ3v) is 3.14. The third-order valence-electron chi connectivity index (χ3n) is 2.90. The Bertz CT molecular complexity index is 542. The molecule has 0 saturated heterocycles. The van der Waals surface area contributed by atoms with E-state index in [-0.39, 0.29) is 0 Å². The first-order valence-corrected chi connectivity index (χ1v) is 6.45. The molecule has 0 unspecified atom stereocenters. The molecule has 2 aromatic rings.